The first-order valence-corrected chi connectivity index (χ1v) is 6.25. The Bertz CT molecular complexity index is 643. The van der Waals surface area contributed by atoms with Crippen LogP contribution in [0.1, 0.15) is 21.6 Å². The molecule has 0 saturated heterocycles. The summed E-state index contributed by atoms with van der Waals surface area (Å²) in [5.41, 5.74) is 6.97. The van der Waals surface area contributed by atoms with Crippen molar-refractivity contribution in [2.75, 3.05) is 0 Å². The number of nitrogens with zero attached hydrogens (tertiary/aromatic N) is 1. The van der Waals surface area contributed by atoms with Crippen molar-refractivity contribution in [2.45, 2.75) is 6.54 Å². The second-order valence-corrected chi connectivity index (χ2v) is 4.55. The highest BCUT2D eigenvalue weighted by molar-refractivity contribution is 7.80. The van der Waals surface area contributed by atoms with E-state index >= 15 is 0 Å². The van der Waals surface area contributed by atoms with Crippen molar-refractivity contribution in [3.05, 3.63) is 65.2 Å². The van der Waals surface area contributed by atoms with E-state index in [9.17, 15) is 9.18 Å². The third-order valence-electron chi connectivity index (χ3n) is 2.62. The zero-order chi connectivity index (χ0) is 14.5. The Kier molecular flexibility index (Phi) is 4.37. The molecule has 102 valence electrons. The average Bonchev–Trinajstić information content (AvgIpc) is 2.45. The molecule has 0 aliphatic carbocycles. The quantitative estimate of drug-likeness (QED) is 0.842. The van der Waals surface area contributed by atoms with Crippen LogP contribution in [0.2, 0.25) is 0 Å². The second kappa shape index (κ2) is 6.21. The summed E-state index contributed by atoms with van der Waals surface area (Å²) in [6, 6.07) is 9.20. The van der Waals surface area contributed by atoms with Gasteiger partial charge in [0, 0.05) is 18.3 Å². The number of carbonyl (C=O) groups excluding carboxylic acids is 1. The van der Waals surface area contributed by atoms with E-state index in [2.05, 4.69) is 10.3 Å². The van der Waals surface area contributed by atoms with Crippen molar-refractivity contribution in [1.82, 2.24) is 10.3 Å². The van der Waals surface area contributed by atoms with Crippen molar-refractivity contribution in [1.29, 1.82) is 0 Å². The highest BCUT2D eigenvalue weighted by Crippen LogP contribution is 2.04. The van der Waals surface area contributed by atoms with E-state index in [1.807, 2.05) is 0 Å². The lowest BCUT2D eigenvalue weighted by molar-refractivity contribution is 0.0946. The minimum atomic E-state index is -0.344. The molecule has 1 aromatic heterocycles. The molecule has 20 heavy (non-hydrogen) atoms. The standard InChI is InChI=1S/C14H12FN3OS/c15-11-3-1-2-9(6-11)7-18-14(19)12-5-4-10(8-17-12)13(16)20/h1-6,8H,7H2,(H2,16,20)(H,18,19). The predicted octanol–water partition coefficient (Wildman–Crippen LogP) is 1.78. The number of pyridine rings is 1. The van der Waals surface area contributed by atoms with Gasteiger partial charge in [0.05, 0.1) is 0 Å². The van der Waals surface area contributed by atoms with Crippen LogP contribution in [0.3, 0.4) is 0 Å². The third kappa shape index (κ3) is 3.58. The molecule has 0 saturated carbocycles. The lowest BCUT2D eigenvalue weighted by Crippen LogP contribution is -2.24. The van der Waals surface area contributed by atoms with Gasteiger partial charge in [0.15, 0.2) is 0 Å². The maximum atomic E-state index is 13.0. The molecule has 0 aliphatic rings. The molecule has 1 aromatic carbocycles. The van der Waals surface area contributed by atoms with Gasteiger partial charge in [-0.25, -0.2) is 4.39 Å². The van der Waals surface area contributed by atoms with Crippen LogP contribution in [0.25, 0.3) is 0 Å². The number of thiocarbonyl (C=S) groups is 1. The van der Waals surface area contributed by atoms with E-state index in [0.717, 1.165) is 0 Å². The van der Waals surface area contributed by atoms with Gasteiger partial charge in [-0.3, -0.25) is 9.78 Å². The van der Waals surface area contributed by atoms with E-state index in [-0.39, 0.29) is 29.0 Å². The Hall–Kier alpha value is -2.34. The second-order valence-electron chi connectivity index (χ2n) is 4.11. The van der Waals surface area contributed by atoms with Gasteiger partial charge >= 0.3 is 0 Å². The number of rotatable bonds is 4. The van der Waals surface area contributed by atoms with E-state index in [1.165, 1.54) is 24.4 Å². The zero-order valence-electron chi connectivity index (χ0n) is 10.5. The fourth-order valence-corrected chi connectivity index (χ4v) is 1.71. The fourth-order valence-electron chi connectivity index (χ4n) is 1.59. The summed E-state index contributed by atoms with van der Waals surface area (Å²) in [6.45, 7) is 0.231. The van der Waals surface area contributed by atoms with Gasteiger partial charge in [0.2, 0.25) is 0 Å². The van der Waals surface area contributed by atoms with Gasteiger partial charge < -0.3 is 11.1 Å². The molecule has 0 atom stereocenters. The van der Waals surface area contributed by atoms with Crippen LogP contribution < -0.4 is 11.1 Å². The summed E-state index contributed by atoms with van der Waals surface area (Å²) in [5, 5.41) is 2.66. The number of halogens is 1. The normalized spacial score (nSPS) is 10.1. The Morgan fingerprint density at radius 1 is 1.35 bits per heavy atom. The largest absolute Gasteiger partial charge is 0.389 e. The molecule has 0 bridgehead atoms. The Morgan fingerprint density at radius 3 is 2.75 bits per heavy atom. The van der Waals surface area contributed by atoms with E-state index in [1.54, 1.807) is 18.2 Å². The molecule has 1 heterocycles. The molecule has 4 nitrogen and oxygen atoms in total. The first-order chi connectivity index (χ1) is 9.56. The van der Waals surface area contributed by atoms with Crippen LogP contribution in [-0.4, -0.2) is 15.9 Å². The zero-order valence-corrected chi connectivity index (χ0v) is 11.3. The van der Waals surface area contributed by atoms with E-state index in [4.69, 9.17) is 18.0 Å². The lowest BCUT2D eigenvalue weighted by atomic mass is 10.2. The van der Waals surface area contributed by atoms with Crippen molar-refractivity contribution < 1.29 is 9.18 Å². The summed E-state index contributed by atoms with van der Waals surface area (Å²) >= 11 is 4.80. The molecule has 0 radical (unpaired) electrons. The van der Waals surface area contributed by atoms with Crippen LogP contribution in [0.5, 0.6) is 0 Å². The summed E-state index contributed by atoms with van der Waals surface area (Å²) in [5.74, 6) is -0.681. The molecule has 3 N–H and O–H groups in total. The van der Waals surface area contributed by atoms with Gasteiger partial charge in [0.1, 0.15) is 16.5 Å². The fraction of sp³-hybridized carbons (Fsp3) is 0.0714. The average molecular weight is 289 g/mol. The van der Waals surface area contributed by atoms with Gasteiger partial charge in [-0.1, -0.05) is 24.4 Å². The van der Waals surface area contributed by atoms with Crippen molar-refractivity contribution in [3.63, 3.8) is 0 Å². The first-order valence-electron chi connectivity index (χ1n) is 5.85. The van der Waals surface area contributed by atoms with Crippen LogP contribution in [0, 0.1) is 5.82 Å². The van der Waals surface area contributed by atoms with Crippen LogP contribution in [0.4, 0.5) is 4.39 Å². The van der Waals surface area contributed by atoms with Crippen molar-refractivity contribution in [3.8, 4) is 0 Å². The van der Waals surface area contributed by atoms with Crippen molar-refractivity contribution >= 4 is 23.1 Å². The number of amides is 1. The summed E-state index contributed by atoms with van der Waals surface area (Å²) < 4.78 is 13.0. The molecule has 2 aromatic rings. The minimum Gasteiger partial charge on any atom is -0.389 e. The molecular weight excluding hydrogens is 277 g/mol. The number of carbonyl (C=O) groups is 1. The third-order valence-corrected chi connectivity index (χ3v) is 2.86. The molecule has 2 rings (SSSR count). The smallest absolute Gasteiger partial charge is 0.270 e. The molecule has 1 amide bonds. The molecule has 0 aliphatic heterocycles. The molecule has 0 fully saturated rings. The summed E-state index contributed by atoms with van der Waals surface area (Å²) in [6.07, 6.45) is 1.44. The van der Waals surface area contributed by atoms with Gasteiger partial charge in [0.25, 0.3) is 5.91 Å². The summed E-state index contributed by atoms with van der Waals surface area (Å²) in [7, 11) is 0. The van der Waals surface area contributed by atoms with E-state index in [0.29, 0.717) is 11.1 Å². The minimum absolute atomic E-state index is 0.226. The number of hydrogen-bond donors (Lipinski definition) is 2. The summed E-state index contributed by atoms with van der Waals surface area (Å²) in [4.78, 5) is 16.1. The van der Waals surface area contributed by atoms with Gasteiger partial charge in [-0.2, -0.15) is 0 Å². The maximum absolute atomic E-state index is 13.0. The number of hydrogen-bond acceptors (Lipinski definition) is 3. The SMILES string of the molecule is NC(=S)c1ccc(C(=O)NCc2cccc(F)c2)nc1. The number of benzene rings is 1. The molecular formula is C14H12FN3OS. The van der Waals surface area contributed by atoms with Crippen LogP contribution in [0.15, 0.2) is 42.6 Å². The van der Waals surface area contributed by atoms with Gasteiger partial charge in [-0.05, 0) is 29.8 Å². The first kappa shape index (κ1) is 14.1. The maximum Gasteiger partial charge on any atom is 0.270 e. The lowest BCUT2D eigenvalue weighted by Gasteiger charge is -2.05. The Balaban J connectivity index is 1.99. The van der Waals surface area contributed by atoms with E-state index < -0.39 is 0 Å². The Morgan fingerprint density at radius 2 is 2.15 bits per heavy atom. The highest BCUT2D eigenvalue weighted by atomic mass is 32.1. The topological polar surface area (TPSA) is 68.0 Å². The monoisotopic (exact) mass is 289 g/mol. The van der Waals surface area contributed by atoms with Gasteiger partial charge in [-0.15, -0.1) is 0 Å². The molecule has 0 unspecified atom stereocenters. The number of nitrogens with two attached hydrogens (primary N) is 1. The van der Waals surface area contributed by atoms with Crippen LogP contribution >= 0.6 is 12.2 Å². The van der Waals surface area contributed by atoms with Crippen molar-refractivity contribution in [2.24, 2.45) is 5.73 Å². The molecule has 0 spiro atoms. The Labute approximate surface area is 120 Å². The molecule has 6 heteroatoms. The highest BCUT2D eigenvalue weighted by Gasteiger charge is 2.07. The predicted molar refractivity (Wildman–Crippen MR) is 77.7 cm³/mol. The van der Waals surface area contributed by atoms with Crippen LogP contribution in [-0.2, 0) is 6.54 Å². The number of nitrogens with one attached hydrogen (secondary N) is 1. The number of aromatic nitrogens is 1.